The van der Waals surface area contributed by atoms with Crippen molar-refractivity contribution in [3.05, 3.63) is 48.0 Å². The Balaban J connectivity index is 1.79. The molecule has 1 aliphatic rings. The minimum Gasteiger partial charge on any atom is -0.497 e. The Bertz CT molecular complexity index is 921. The molecule has 0 spiro atoms. The summed E-state index contributed by atoms with van der Waals surface area (Å²) >= 11 is 1.44. The van der Waals surface area contributed by atoms with Crippen LogP contribution in [0.1, 0.15) is 16.8 Å². The highest BCUT2D eigenvalue weighted by molar-refractivity contribution is 8.02. The first-order chi connectivity index (χ1) is 12.9. The van der Waals surface area contributed by atoms with Gasteiger partial charge in [0.15, 0.2) is 9.84 Å². The first-order valence-corrected chi connectivity index (χ1v) is 11.1. The molecular formula is C19H21NO5S2. The Morgan fingerprint density at radius 3 is 2.37 bits per heavy atom. The van der Waals surface area contributed by atoms with E-state index in [-0.39, 0.29) is 22.7 Å². The van der Waals surface area contributed by atoms with Crippen LogP contribution in [0.5, 0.6) is 11.5 Å². The lowest BCUT2D eigenvalue weighted by atomic mass is 10.2. The van der Waals surface area contributed by atoms with E-state index in [1.54, 1.807) is 44.6 Å². The van der Waals surface area contributed by atoms with Gasteiger partial charge in [0, 0.05) is 34.0 Å². The van der Waals surface area contributed by atoms with Crippen molar-refractivity contribution in [2.45, 2.75) is 16.6 Å². The lowest BCUT2D eigenvalue weighted by Gasteiger charge is -2.14. The fourth-order valence-electron chi connectivity index (χ4n) is 2.87. The summed E-state index contributed by atoms with van der Waals surface area (Å²) in [6, 6.07) is 12.3. The van der Waals surface area contributed by atoms with Crippen LogP contribution in [0.3, 0.4) is 0 Å². The molecule has 0 aliphatic carbocycles. The monoisotopic (exact) mass is 407 g/mol. The van der Waals surface area contributed by atoms with Crippen molar-refractivity contribution in [3.63, 3.8) is 0 Å². The summed E-state index contributed by atoms with van der Waals surface area (Å²) in [5.41, 5.74) is 1.06. The Morgan fingerprint density at radius 2 is 1.78 bits per heavy atom. The van der Waals surface area contributed by atoms with Gasteiger partial charge in [-0.1, -0.05) is 12.1 Å². The summed E-state index contributed by atoms with van der Waals surface area (Å²) < 4.78 is 33.8. The third-order valence-electron chi connectivity index (χ3n) is 4.23. The van der Waals surface area contributed by atoms with Gasteiger partial charge in [0.05, 0.1) is 31.3 Å². The SMILES string of the molecule is COc1cc(NC(=O)c2ccccc2S[C@@H]2CCS(=O)(=O)C2)cc(OC)c1. The maximum atomic E-state index is 12.8. The molecule has 0 unspecified atom stereocenters. The molecule has 0 aromatic heterocycles. The number of thioether (sulfide) groups is 1. The van der Waals surface area contributed by atoms with Crippen LogP contribution in [0.2, 0.25) is 0 Å². The predicted octanol–water partition coefficient (Wildman–Crippen LogP) is 3.24. The third-order valence-corrected chi connectivity index (χ3v) is 7.55. The number of methoxy groups -OCH3 is 2. The van der Waals surface area contributed by atoms with Gasteiger partial charge in [-0.15, -0.1) is 11.8 Å². The molecule has 0 radical (unpaired) electrons. The topological polar surface area (TPSA) is 81.7 Å². The highest BCUT2D eigenvalue weighted by Gasteiger charge is 2.29. The number of anilines is 1. The van der Waals surface area contributed by atoms with Gasteiger partial charge in [-0.25, -0.2) is 8.42 Å². The largest absolute Gasteiger partial charge is 0.497 e. The van der Waals surface area contributed by atoms with E-state index in [1.165, 1.54) is 11.8 Å². The van der Waals surface area contributed by atoms with E-state index in [0.29, 0.717) is 29.2 Å². The zero-order valence-corrected chi connectivity index (χ0v) is 16.7. The molecule has 27 heavy (non-hydrogen) atoms. The maximum Gasteiger partial charge on any atom is 0.256 e. The van der Waals surface area contributed by atoms with Crippen LogP contribution in [-0.2, 0) is 9.84 Å². The molecule has 1 aliphatic heterocycles. The standard InChI is InChI=1S/C19H21NO5S2/c1-24-14-9-13(10-15(11-14)25-2)20-19(21)17-5-3-4-6-18(17)26-16-7-8-27(22,23)12-16/h3-6,9-11,16H,7-8,12H2,1-2H3,(H,20,21)/t16-/m1/s1. The Hall–Kier alpha value is -2.19. The summed E-state index contributed by atoms with van der Waals surface area (Å²) in [7, 11) is 0.125. The van der Waals surface area contributed by atoms with Crippen LogP contribution >= 0.6 is 11.8 Å². The number of hydrogen-bond donors (Lipinski definition) is 1. The van der Waals surface area contributed by atoms with Gasteiger partial charge >= 0.3 is 0 Å². The van der Waals surface area contributed by atoms with E-state index in [2.05, 4.69) is 5.32 Å². The number of ether oxygens (including phenoxy) is 2. The molecule has 0 bridgehead atoms. The number of hydrogen-bond acceptors (Lipinski definition) is 6. The van der Waals surface area contributed by atoms with Crippen LogP contribution in [0.25, 0.3) is 0 Å². The Morgan fingerprint density at radius 1 is 1.11 bits per heavy atom. The molecule has 1 saturated heterocycles. The van der Waals surface area contributed by atoms with Crippen molar-refractivity contribution < 1.29 is 22.7 Å². The summed E-state index contributed by atoms with van der Waals surface area (Å²) in [5, 5.41) is 2.83. The zero-order valence-electron chi connectivity index (χ0n) is 15.1. The molecule has 2 aromatic carbocycles. The average Bonchev–Trinajstić information content (AvgIpc) is 3.00. The molecule has 0 saturated carbocycles. The molecule has 1 N–H and O–H groups in total. The van der Waals surface area contributed by atoms with Crippen molar-refractivity contribution >= 4 is 33.2 Å². The molecule has 1 heterocycles. The van der Waals surface area contributed by atoms with Gasteiger partial charge in [0.25, 0.3) is 5.91 Å². The highest BCUT2D eigenvalue weighted by Crippen LogP contribution is 2.33. The van der Waals surface area contributed by atoms with Crippen molar-refractivity contribution in [2.75, 3.05) is 31.0 Å². The number of nitrogens with one attached hydrogen (secondary N) is 1. The van der Waals surface area contributed by atoms with Crippen LogP contribution in [0.15, 0.2) is 47.4 Å². The summed E-state index contributed by atoms with van der Waals surface area (Å²) in [5.74, 6) is 1.24. The molecule has 1 atom stereocenters. The van der Waals surface area contributed by atoms with Gasteiger partial charge in [0.1, 0.15) is 11.5 Å². The fraction of sp³-hybridized carbons (Fsp3) is 0.316. The predicted molar refractivity (Wildman–Crippen MR) is 107 cm³/mol. The molecule has 2 aromatic rings. The maximum absolute atomic E-state index is 12.8. The fourth-order valence-corrected chi connectivity index (χ4v) is 6.49. The second-order valence-electron chi connectivity index (χ2n) is 6.19. The van der Waals surface area contributed by atoms with Gasteiger partial charge < -0.3 is 14.8 Å². The number of sulfone groups is 1. The normalized spacial score (nSPS) is 18.1. The molecular weight excluding hydrogens is 386 g/mol. The Kier molecular flexibility index (Phi) is 5.96. The van der Waals surface area contributed by atoms with E-state index >= 15 is 0 Å². The lowest BCUT2D eigenvalue weighted by Crippen LogP contribution is -2.14. The van der Waals surface area contributed by atoms with Crippen LogP contribution in [0, 0.1) is 0 Å². The van der Waals surface area contributed by atoms with Crippen LogP contribution in [-0.4, -0.2) is 45.3 Å². The van der Waals surface area contributed by atoms with E-state index in [1.807, 2.05) is 12.1 Å². The number of carbonyl (C=O) groups excluding carboxylic acids is 1. The molecule has 3 rings (SSSR count). The minimum absolute atomic E-state index is 0.0270. The number of rotatable bonds is 6. The van der Waals surface area contributed by atoms with Gasteiger partial charge in [-0.2, -0.15) is 0 Å². The lowest BCUT2D eigenvalue weighted by molar-refractivity contribution is 0.102. The third kappa shape index (κ3) is 4.95. The average molecular weight is 408 g/mol. The number of carbonyl (C=O) groups is 1. The van der Waals surface area contributed by atoms with Crippen molar-refractivity contribution in [2.24, 2.45) is 0 Å². The first-order valence-electron chi connectivity index (χ1n) is 8.41. The van der Waals surface area contributed by atoms with Crippen LogP contribution in [0.4, 0.5) is 5.69 Å². The molecule has 1 fully saturated rings. The minimum atomic E-state index is -2.96. The molecule has 8 heteroatoms. The smallest absolute Gasteiger partial charge is 0.256 e. The van der Waals surface area contributed by atoms with Crippen LogP contribution < -0.4 is 14.8 Å². The molecule has 1 amide bonds. The van der Waals surface area contributed by atoms with Crippen molar-refractivity contribution in [3.8, 4) is 11.5 Å². The van der Waals surface area contributed by atoms with E-state index in [0.717, 1.165) is 4.90 Å². The van der Waals surface area contributed by atoms with Crippen molar-refractivity contribution in [1.82, 2.24) is 0 Å². The van der Waals surface area contributed by atoms with E-state index in [4.69, 9.17) is 9.47 Å². The second kappa shape index (κ2) is 8.22. The molecule has 6 nitrogen and oxygen atoms in total. The van der Waals surface area contributed by atoms with Gasteiger partial charge in [0.2, 0.25) is 0 Å². The summed E-state index contributed by atoms with van der Waals surface area (Å²) in [6.45, 7) is 0. The highest BCUT2D eigenvalue weighted by atomic mass is 32.2. The number of benzene rings is 2. The summed E-state index contributed by atoms with van der Waals surface area (Å²) in [6.07, 6.45) is 0.607. The van der Waals surface area contributed by atoms with E-state index < -0.39 is 9.84 Å². The van der Waals surface area contributed by atoms with Gasteiger partial charge in [-0.05, 0) is 18.6 Å². The molecule has 144 valence electrons. The summed E-state index contributed by atoms with van der Waals surface area (Å²) in [4.78, 5) is 13.6. The second-order valence-corrected chi connectivity index (χ2v) is 9.77. The number of amides is 1. The zero-order chi connectivity index (χ0) is 19.4. The quantitative estimate of drug-likeness (QED) is 0.792. The van der Waals surface area contributed by atoms with Crippen molar-refractivity contribution in [1.29, 1.82) is 0 Å². The Labute approximate surface area is 163 Å². The first kappa shape index (κ1) is 19.6. The van der Waals surface area contributed by atoms with E-state index in [9.17, 15) is 13.2 Å². The van der Waals surface area contributed by atoms with Gasteiger partial charge in [-0.3, -0.25) is 4.79 Å².